The third-order valence-electron chi connectivity index (χ3n) is 3.96. The van der Waals surface area contributed by atoms with E-state index < -0.39 is 6.61 Å². The average molecular weight is 398 g/mol. The second kappa shape index (κ2) is 9.01. The fourth-order valence-corrected chi connectivity index (χ4v) is 2.89. The normalized spacial score (nSPS) is 16.4. The van der Waals surface area contributed by atoms with Gasteiger partial charge in [0.15, 0.2) is 0 Å². The lowest BCUT2D eigenvalue weighted by molar-refractivity contribution is -0.0497. The molecule has 27 heavy (non-hydrogen) atoms. The van der Waals surface area contributed by atoms with E-state index in [0.29, 0.717) is 23.6 Å². The number of hydrogen-bond donors (Lipinski definition) is 1. The monoisotopic (exact) mass is 397 g/mol. The van der Waals surface area contributed by atoms with Crippen molar-refractivity contribution in [2.45, 2.75) is 25.6 Å². The molecule has 0 bridgehead atoms. The topological polar surface area (TPSA) is 56.8 Å². The molecular weight excluding hydrogens is 380 g/mol. The Morgan fingerprint density at radius 3 is 2.85 bits per heavy atom. The summed E-state index contributed by atoms with van der Waals surface area (Å²) in [4.78, 5) is 12.4. The first-order valence-corrected chi connectivity index (χ1v) is 8.79. The standard InChI is InChI=1S/C19H18ClF2NO4/c20-16-10-13(6-7-17(16)27-19(21)22)23-18(24)12-3-1-4-14(9-12)26-11-15-5-2-8-25-15/h1,3-4,6-7,9-10,15,19H,2,5,8,11H2,(H,23,24). The summed E-state index contributed by atoms with van der Waals surface area (Å²) in [6.45, 7) is -1.78. The number of hydrogen-bond acceptors (Lipinski definition) is 4. The Morgan fingerprint density at radius 1 is 1.30 bits per heavy atom. The van der Waals surface area contributed by atoms with Gasteiger partial charge in [-0.1, -0.05) is 17.7 Å². The van der Waals surface area contributed by atoms with Crippen LogP contribution in [0.3, 0.4) is 0 Å². The summed E-state index contributed by atoms with van der Waals surface area (Å²) in [5.74, 6) is 0.0298. The maximum atomic E-state index is 12.4. The van der Waals surface area contributed by atoms with Gasteiger partial charge in [-0.3, -0.25) is 4.79 Å². The van der Waals surface area contributed by atoms with Gasteiger partial charge >= 0.3 is 6.61 Å². The van der Waals surface area contributed by atoms with Crippen LogP contribution in [0.4, 0.5) is 14.5 Å². The first kappa shape index (κ1) is 19.4. The molecule has 0 saturated carbocycles. The molecule has 1 fully saturated rings. The molecular formula is C19H18ClF2NO4. The zero-order valence-corrected chi connectivity index (χ0v) is 15.0. The van der Waals surface area contributed by atoms with Gasteiger partial charge in [0.2, 0.25) is 0 Å². The molecule has 2 aromatic carbocycles. The highest BCUT2D eigenvalue weighted by Crippen LogP contribution is 2.29. The van der Waals surface area contributed by atoms with Gasteiger partial charge in [-0.2, -0.15) is 8.78 Å². The number of anilines is 1. The van der Waals surface area contributed by atoms with Gasteiger partial charge < -0.3 is 19.5 Å². The summed E-state index contributed by atoms with van der Waals surface area (Å²) in [7, 11) is 0. The number of nitrogens with one attached hydrogen (secondary N) is 1. The predicted molar refractivity (Wildman–Crippen MR) is 96.9 cm³/mol. The number of ether oxygens (including phenoxy) is 3. The Bertz CT molecular complexity index is 797. The average Bonchev–Trinajstić information content (AvgIpc) is 3.16. The van der Waals surface area contributed by atoms with Crippen LogP contribution in [-0.2, 0) is 4.74 Å². The first-order chi connectivity index (χ1) is 13.0. The lowest BCUT2D eigenvalue weighted by Crippen LogP contribution is -2.17. The molecule has 1 aliphatic rings. The zero-order chi connectivity index (χ0) is 19.2. The number of halogens is 3. The van der Waals surface area contributed by atoms with Gasteiger partial charge in [-0.25, -0.2) is 0 Å². The van der Waals surface area contributed by atoms with Crippen molar-refractivity contribution in [2.24, 2.45) is 0 Å². The SMILES string of the molecule is O=C(Nc1ccc(OC(F)F)c(Cl)c1)c1cccc(OCC2CCCO2)c1. The van der Waals surface area contributed by atoms with E-state index in [-0.39, 0.29) is 22.8 Å². The van der Waals surface area contributed by atoms with E-state index >= 15 is 0 Å². The number of amides is 1. The third-order valence-corrected chi connectivity index (χ3v) is 4.26. The number of carbonyl (C=O) groups is 1. The molecule has 0 aliphatic carbocycles. The third kappa shape index (κ3) is 5.55. The largest absolute Gasteiger partial charge is 0.491 e. The highest BCUT2D eigenvalue weighted by atomic mass is 35.5. The molecule has 144 valence electrons. The molecule has 1 saturated heterocycles. The van der Waals surface area contributed by atoms with Gasteiger partial charge in [0.05, 0.1) is 11.1 Å². The van der Waals surface area contributed by atoms with E-state index in [1.165, 1.54) is 18.2 Å². The van der Waals surface area contributed by atoms with E-state index in [9.17, 15) is 13.6 Å². The van der Waals surface area contributed by atoms with Crippen LogP contribution >= 0.6 is 11.6 Å². The highest BCUT2D eigenvalue weighted by molar-refractivity contribution is 6.32. The van der Waals surface area contributed by atoms with Crippen molar-refractivity contribution in [3.8, 4) is 11.5 Å². The summed E-state index contributed by atoms with van der Waals surface area (Å²) in [5.41, 5.74) is 0.751. The van der Waals surface area contributed by atoms with Crippen molar-refractivity contribution < 1.29 is 27.8 Å². The van der Waals surface area contributed by atoms with Crippen LogP contribution in [0.1, 0.15) is 23.2 Å². The van der Waals surface area contributed by atoms with Gasteiger partial charge in [-0.05, 0) is 49.2 Å². The Kier molecular flexibility index (Phi) is 6.47. The summed E-state index contributed by atoms with van der Waals surface area (Å²) in [6, 6.07) is 10.8. The molecule has 0 aromatic heterocycles. The maximum Gasteiger partial charge on any atom is 0.387 e. The molecule has 1 N–H and O–H groups in total. The Hall–Kier alpha value is -2.38. The van der Waals surface area contributed by atoms with E-state index in [2.05, 4.69) is 10.1 Å². The summed E-state index contributed by atoms with van der Waals surface area (Å²) in [5, 5.41) is 2.63. The molecule has 3 rings (SSSR count). The Balaban J connectivity index is 1.62. The number of benzene rings is 2. The lowest BCUT2D eigenvalue weighted by Gasteiger charge is -2.12. The number of rotatable bonds is 7. The van der Waals surface area contributed by atoms with E-state index in [1.807, 2.05) is 0 Å². The second-order valence-corrected chi connectivity index (χ2v) is 6.36. The number of carbonyl (C=O) groups excluding carboxylic acids is 1. The molecule has 0 radical (unpaired) electrons. The van der Waals surface area contributed by atoms with Crippen LogP contribution < -0.4 is 14.8 Å². The minimum Gasteiger partial charge on any atom is -0.491 e. The fraction of sp³-hybridized carbons (Fsp3) is 0.316. The van der Waals surface area contributed by atoms with Crippen LogP contribution in [0.5, 0.6) is 11.5 Å². The van der Waals surface area contributed by atoms with Gasteiger partial charge in [0.25, 0.3) is 5.91 Å². The smallest absolute Gasteiger partial charge is 0.387 e. The molecule has 2 aromatic rings. The molecule has 1 unspecified atom stereocenters. The van der Waals surface area contributed by atoms with Crippen LogP contribution in [0, 0.1) is 0 Å². The molecule has 0 spiro atoms. The first-order valence-electron chi connectivity index (χ1n) is 8.41. The number of alkyl halides is 2. The molecule has 5 nitrogen and oxygen atoms in total. The predicted octanol–water partition coefficient (Wildman–Crippen LogP) is 4.75. The summed E-state index contributed by atoms with van der Waals surface area (Å²) in [6.07, 6.45) is 2.07. The fourth-order valence-electron chi connectivity index (χ4n) is 2.67. The minimum absolute atomic E-state index is 0.0262. The van der Waals surface area contributed by atoms with Crippen molar-refractivity contribution in [1.82, 2.24) is 0 Å². The van der Waals surface area contributed by atoms with Crippen molar-refractivity contribution in [3.05, 3.63) is 53.1 Å². The Labute approximate surface area is 160 Å². The van der Waals surface area contributed by atoms with Crippen LogP contribution in [-0.4, -0.2) is 31.8 Å². The summed E-state index contributed by atoms with van der Waals surface area (Å²) < 4.78 is 40.0. The minimum atomic E-state index is -2.97. The maximum absolute atomic E-state index is 12.4. The van der Waals surface area contributed by atoms with Crippen molar-refractivity contribution in [1.29, 1.82) is 0 Å². The molecule has 1 heterocycles. The highest BCUT2D eigenvalue weighted by Gasteiger charge is 2.16. The summed E-state index contributed by atoms with van der Waals surface area (Å²) >= 11 is 5.89. The molecule has 8 heteroatoms. The molecule has 1 amide bonds. The van der Waals surface area contributed by atoms with Crippen LogP contribution in [0.2, 0.25) is 5.02 Å². The molecule has 1 atom stereocenters. The Morgan fingerprint density at radius 2 is 2.15 bits per heavy atom. The quantitative estimate of drug-likeness (QED) is 0.732. The van der Waals surface area contributed by atoms with Gasteiger partial charge in [-0.15, -0.1) is 0 Å². The van der Waals surface area contributed by atoms with Crippen molar-refractivity contribution >= 4 is 23.2 Å². The van der Waals surface area contributed by atoms with Crippen molar-refractivity contribution in [3.63, 3.8) is 0 Å². The molecule has 1 aliphatic heterocycles. The van der Waals surface area contributed by atoms with Gasteiger partial charge in [0, 0.05) is 17.9 Å². The zero-order valence-electron chi connectivity index (χ0n) is 14.3. The van der Waals surface area contributed by atoms with E-state index in [0.717, 1.165) is 19.4 Å². The lowest BCUT2D eigenvalue weighted by atomic mass is 10.2. The van der Waals surface area contributed by atoms with Crippen molar-refractivity contribution in [2.75, 3.05) is 18.5 Å². The van der Waals surface area contributed by atoms with Crippen LogP contribution in [0.25, 0.3) is 0 Å². The second-order valence-electron chi connectivity index (χ2n) is 5.95. The van der Waals surface area contributed by atoms with E-state index in [4.69, 9.17) is 21.1 Å². The van der Waals surface area contributed by atoms with E-state index in [1.54, 1.807) is 24.3 Å². The van der Waals surface area contributed by atoms with Crippen LogP contribution in [0.15, 0.2) is 42.5 Å². The van der Waals surface area contributed by atoms with Gasteiger partial charge in [0.1, 0.15) is 18.1 Å².